The van der Waals surface area contributed by atoms with E-state index in [9.17, 15) is 0 Å². The van der Waals surface area contributed by atoms with Crippen LogP contribution in [0.15, 0.2) is 156 Å². The molecular weight excluding hydrogens is 589 g/mol. The minimum atomic E-state index is -0.0633. The predicted molar refractivity (Wildman–Crippen MR) is 196 cm³/mol. The number of rotatable bonds is 4. The van der Waals surface area contributed by atoms with Gasteiger partial charge in [-0.3, -0.25) is 0 Å². The number of furan rings is 1. The van der Waals surface area contributed by atoms with Crippen LogP contribution in [0.1, 0.15) is 5.56 Å². The monoisotopic (exact) mass is 617 g/mol. The van der Waals surface area contributed by atoms with Crippen molar-refractivity contribution in [2.24, 2.45) is 0 Å². The van der Waals surface area contributed by atoms with Gasteiger partial charge in [-0.2, -0.15) is 0 Å². The van der Waals surface area contributed by atoms with E-state index in [-0.39, 0.29) is 6.71 Å². The Bertz CT molecular complexity index is 2490. The standard InChI is InChI=1S/C43H28BNO3/c1-27-23-39-41-40(24-27)48-43-35(44(41)36-25-29(17-22-37(36)46-39)28-11-5-2-6-12-28)21-20-34-33-19-18-32(26-38(33)47-42(34)43)45(30-13-7-3-8-14-30)31-15-9-4-10-16-31/h2-26H,1H3. The molecule has 0 saturated carbocycles. The van der Waals surface area contributed by atoms with E-state index in [0.717, 1.165) is 89.5 Å². The van der Waals surface area contributed by atoms with E-state index in [4.69, 9.17) is 13.9 Å². The molecule has 0 aliphatic carbocycles. The number of fused-ring (bicyclic) bond motifs is 8. The topological polar surface area (TPSA) is 34.8 Å². The number of nitrogens with zero attached hydrogens (tertiary/aromatic N) is 1. The molecule has 7 aromatic carbocycles. The van der Waals surface area contributed by atoms with Crippen LogP contribution in [0.25, 0.3) is 33.1 Å². The third-order valence-electron chi connectivity index (χ3n) is 9.60. The van der Waals surface area contributed by atoms with Gasteiger partial charge >= 0.3 is 0 Å². The number of anilines is 3. The van der Waals surface area contributed by atoms with Crippen LogP contribution in [-0.4, -0.2) is 6.71 Å². The summed E-state index contributed by atoms with van der Waals surface area (Å²) < 4.78 is 20.2. The summed E-state index contributed by atoms with van der Waals surface area (Å²) in [7, 11) is 0. The van der Waals surface area contributed by atoms with Crippen LogP contribution in [0.4, 0.5) is 17.1 Å². The van der Waals surface area contributed by atoms with Crippen molar-refractivity contribution in [3.8, 4) is 34.1 Å². The Morgan fingerprint density at radius 2 is 1.17 bits per heavy atom. The van der Waals surface area contributed by atoms with E-state index in [1.54, 1.807) is 0 Å². The van der Waals surface area contributed by atoms with Crippen LogP contribution >= 0.6 is 0 Å². The van der Waals surface area contributed by atoms with E-state index >= 15 is 0 Å². The zero-order valence-electron chi connectivity index (χ0n) is 26.2. The molecule has 0 fully saturated rings. The largest absolute Gasteiger partial charge is 0.458 e. The second kappa shape index (κ2) is 10.4. The second-order valence-electron chi connectivity index (χ2n) is 12.6. The summed E-state index contributed by atoms with van der Waals surface area (Å²) in [4.78, 5) is 2.25. The Hall–Kier alpha value is -6.20. The van der Waals surface area contributed by atoms with Crippen LogP contribution in [0, 0.1) is 6.92 Å². The van der Waals surface area contributed by atoms with E-state index in [1.807, 2.05) is 18.2 Å². The number of hydrogen-bond acceptors (Lipinski definition) is 4. The SMILES string of the molecule is Cc1cc2c3c(c1)Oc1c(ccc4c1oc1cc(N(c5ccccc5)c5ccccc5)ccc14)B3c1cc(-c3ccccc3)ccc1O2. The van der Waals surface area contributed by atoms with Gasteiger partial charge < -0.3 is 18.8 Å². The molecule has 2 aliphatic rings. The summed E-state index contributed by atoms with van der Waals surface area (Å²) in [5.41, 5.74) is 11.4. The normalized spacial score (nSPS) is 12.6. The smallest absolute Gasteiger partial charge is 0.260 e. The molecule has 0 atom stereocenters. The van der Waals surface area contributed by atoms with Gasteiger partial charge in [0.2, 0.25) is 0 Å². The minimum Gasteiger partial charge on any atom is -0.458 e. The number of ether oxygens (including phenoxy) is 2. The summed E-state index contributed by atoms with van der Waals surface area (Å²) in [6.45, 7) is 2.02. The summed E-state index contributed by atoms with van der Waals surface area (Å²) >= 11 is 0. The lowest BCUT2D eigenvalue weighted by Gasteiger charge is -2.33. The predicted octanol–water partition coefficient (Wildman–Crippen LogP) is 9.76. The molecule has 0 spiro atoms. The zero-order chi connectivity index (χ0) is 31.8. The van der Waals surface area contributed by atoms with E-state index in [0.29, 0.717) is 0 Å². The summed E-state index contributed by atoms with van der Waals surface area (Å²) in [6.07, 6.45) is 0. The van der Waals surface area contributed by atoms with E-state index in [1.165, 1.54) is 5.56 Å². The summed E-state index contributed by atoms with van der Waals surface area (Å²) in [6, 6.07) is 53.0. The number of aryl methyl sites for hydroxylation is 1. The Morgan fingerprint density at radius 1 is 0.500 bits per heavy atom. The van der Waals surface area contributed by atoms with Gasteiger partial charge in [0.25, 0.3) is 6.71 Å². The van der Waals surface area contributed by atoms with Gasteiger partial charge in [-0.15, -0.1) is 0 Å². The molecule has 0 N–H and O–H groups in total. The van der Waals surface area contributed by atoms with Crippen molar-refractivity contribution in [3.63, 3.8) is 0 Å². The van der Waals surface area contributed by atoms with Crippen LogP contribution in [0.5, 0.6) is 23.0 Å². The minimum absolute atomic E-state index is 0.0633. The van der Waals surface area contributed by atoms with E-state index in [2.05, 4.69) is 145 Å². The number of para-hydroxylation sites is 2. The van der Waals surface area contributed by atoms with Crippen LogP contribution in [0.2, 0.25) is 0 Å². The molecule has 1 aromatic heterocycles. The third-order valence-corrected chi connectivity index (χ3v) is 9.60. The molecule has 226 valence electrons. The lowest BCUT2D eigenvalue weighted by Crippen LogP contribution is -2.57. The molecule has 8 aromatic rings. The van der Waals surface area contributed by atoms with Crippen molar-refractivity contribution in [1.29, 1.82) is 0 Å². The maximum absolute atomic E-state index is 6.81. The molecule has 4 nitrogen and oxygen atoms in total. The maximum atomic E-state index is 6.81. The first-order chi connectivity index (χ1) is 23.7. The quantitative estimate of drug-likeness (QED) is 0.184. The van der Waals surface area contributed by atoms with E-state index < -0.39 is 0 Å². The third kappa shape index (κ3) is 4.11. The molecule has 2 aliphatic heterocycles. The van der Waals surface area contributed by atoms with Crippen molar-refractivity contribution in [3.05, 3.63) is 157 Å². The van der Waals surface area contributed by atoms with Crippen LogP contribution < -0.4 is 30.8 Å². The zero-order valence-corrected chi connectivity index (χ0v) is 26.2. The van der Waals surface area contributed by atoms with Gasteiger partial charge in [-0.1, -0.05) is 91.0 Å². The Balaban J connectivity index is 1.16. The highest BCUT2D eigenvalue weighted by molar-refractivity contribution is 6.98. The van der Waals surface area contributed by atoms with Crippen molar-refractivity contribution in [1.82, 2.24) is 0 Å². The molecule has 0 saturated heterocycles. The highest BCUT2D eigenvalue weighted by atomic mass is 16.5. The average Bonchev–Trinajstić information content (AvgIpc) is 3.51. The maximum Gasteiger partial charge on any atom is 0.260 e. The van der Waals surface area contributed by atoms with Crippen molar-refractivity contribution >= 4 is 62.1 Å². The summed E-state index contributed by atoms with van der Waals surface area (Å²) in [5, 5.41) is 2.08. The molecular formula is C43H28BNO3. The van der Waals surface area contributed by atoms with Gasteiger partial charge in [-0.25, -0.2) is 0 Å². The van der Waals surface area contributed by atoms with Gasteiger partial charge in [0.15, 0.2) is 11.3 Å². The molecule has 48 heavy (non-hydrogen) atoms. The van der Waals surface area contributed by atoms with Gasteiger partial charge in [-0.05, 0) is 89.1 Å². The fourth-order valence-electron chi connectivity index (χ4n) is 7.46. The molecule has 0 bridgehead atoms. The van der Waals surface area contributed by atoms with Gasteiger partial charge in [0.1, 0.15) is 22.8 Å². The first-order valence-electron chi connectivity index (χ1n) is 16.3. The van der Waals surface area contributed by atoms with Crippen LogP contribution in [-0.2, 0) is 0 Å². The lowest BCUT2D eigenvalue weighted by atomic mass is 9.34. The average molecular weight is 618 g/mol. The second-order valence-corrected chi connectivity index (χ2v) is 12.6. The summed E-state index contributed by atoms with van der Waals surface area (Å²) in [5.74, 6) is 3.29. The van der Waals surface area contributed by atoms with Crippen LogP contribution in [0.3, 0.4) is 0 Å². The number of benzene rings is 7. The Labute approximate surface area is 278 Å². The lowest BCUT2D eigenvalue weighted by molar-refractivity contribution is 0.461. The first kappa shape index (κ1) is 27.0. The van der Waals surface area contributed by atoms with Crippen molar-refractivity contribution in [2.75, 3.05) is 4.90 Å². The van der Waals surface area contributed by atoms with Gasteiger partial charge in [0, 0.05) is 39.4 Å². The fourth-order valence-corrected chi connectivity index (χ4v) is 7.46. The highest BCUT2D eigenvalue weighted by Gasteiger charge is 2.41. The Morgan fingerprint density at radius 3 is 1.90 bits per heavy atom. The molecule has 0 unspecified atom stereocenters. The first-order valence-corrected chi connectivity index (χ1v) is 16.3. The van der Waals surface area contributed by atoms with Gasteiger partial charge in [0.05, 0.1) is 0 Å². The fraction of sp³-hybridized carbons (Fsp3) is 0.0233. The molecule has 0 amide bonds. The van der Waals surface area contributed by atoms with Crippen molar-refractivity contribution in [2.45, 2.75) is 6.92 Å². The molecule has 5 heteroatoms. The molecule has 10 rings (SSSR count). The Kier molecular flexibility index (Phi) is 5.85. The number of hydrogen-bond donors (Lipinski definition) is 0. The molecule has 0 radical (unpaired) electrons. The highest BCUT2D eigenvalue weighted by Crippen LogP contribution is 2.43. The molecule has 3 heterocycles. The van der Waals surface area contributed by atoms with Crippen molar-refractivity contribution < 1.29 is 13.9 Å².